The largest absolute Gasteiger partial charge is 0.493 e. The van der Waals surface area contributed by atoms with E-state index in [0.29, 0.717) is 47.8 Å². The molecule has 7 nitrogen and oxygen atoms in total. The second-order valence-electron chi connectivity index (χ2n) is 8.17. The molecular weight excluding hydrogens is 400 g/mol. The Morgan fingerprint density at radius 3 is 2.42 bits per heavy atom. The normalized spacial score (nSPS) is 15.8. The zero-order valence-corrected chi connectivity index (χ0v) is 18.2. The molecule has 0 radical (unpaired) electrons. The van der Waals surface area contributed by atoms with Gasteiger partial charge in [-0.05, 0) is 29.7 Å². The van der Waals surface area contributed by atoms with Gasteiger partial charge in [-0.2, -0.15) is 0 Å². The molecule has 0 amide bonds. The molecule has 0 N–H and O–H groups in total. The number of carbonyl (C=O) groups excluding carboxylic acids is 2. The Balaban J connectivity index is 1.79. The van der Waals surface area contributed by atoms with E-state index in [0.717, 1.165) is 11.1 Å². The lowest BCUT2D eigenvalue weighted by Crippen LogP contribution is -2.32. The van der Waals surface area contributed by atoms with Crippen molar-refractivity contribution in [3.63, 3.8) is 0 Å². The fourth-order valence-electron chi connectivity index (χ4n) is 3.64. The summed E-state index contributed by atoms with van der Waals surface area (Å²) in [6, 6.07) is 9.04. The molecule has 0 bridgehead atoms. The smallest absolute Gasteiger partial charge is 0.350 e. The Morgan fingerprint density at radius 1 is 1.03 bits per heavy atom. The van der Waals surface area contributed by atoms with Gasteiger partial charge in [0.25, 0.3) is 0 Å². The van der Waals surface area contributed by atoms with E-state index >= 15 is 0 Å². The molecular formula is C24H26O7. The first kappa shape index (κ1) is 21.0. The van der Waals surface area contributed by atoms with Crippen LogP contribution in [0, 0.1) is 5.92 Å². The SMILES string of the molecule is COc1ccc(-c2cccc3c2COC3=O)c(OC2(C(=O)OCC(C)C)CC2)c1OC. The number of hydrogen-bond donors (Lipinski definition) is 0. The number of rotatable bonds is 8. The van der Waals surface area contributed by atoms with E-state index in [9.17, 15) is 9.59 Å². The fraction of sp³-hybridized carbons (Fsp3) is 0.417. The van der Waals surface area contributed by atoms with Crippen molar-refractivity contribution in [2.24, 2.45) is 5.92 Å². The van der Waals surface area contributed by atoms with Crippen LogP contribution in [0.25, 0.3) is 11.1 Å². The second kappa shape index (κ2) is 8.13. The number of carbonyl (C=O) groups is 2. The third kappa shape index (κ3) is 3.80. The van der Waals surface area contributed by atoms with E-state index in [1.807, 2.05) is 26.0 Å². The van der Waals surface area contributed by atoms with Gasteiger partial charge in [0.15, 0.2) is 11.5 Å². The highest BCUT2D eigenvalue weighted by Crippen LogP contribution is 2.51. The summed E-state index contributed by atoms with van der Waals surface area (Å²) in [7, 11) is 3.06. The van der Waals surface area contributed by atoms with E-state index in [2.05, 4.69) is 0 Å². The van der Waals surface area contributed by atoms with Crippen molar-refractivity contribution in [2.45, 2.75) is 38.9 Å². The van der Waals surface area contributed by atoms with E-state index < -0.39 is 5.60 Å². The van der Waals surface area contributed by atoms with Gasteiger partial charge in [0.1, 0.15) is 6.61 Å². The highest BCUT2D eigenvalue weighted by atomic mass is 16.6. The first-order chi connectivity index (χ1) is 14.9. The van der Waals surface area contributed by atoms with Gasteiger partial charge in [-0.3, -0.25) is 0 Å². The van der Waals surface area contributed by atoms with Crippen molar-refractivity contribution in [3.8, 4) is 28.4 Å². The lowest BCUT2D eigenvalue weighted by molar-refractivity contribution is -0.155. The van der Waals surface area contributed by atoms with Crippen LogP contribution in [0.1, 0.15) is 42.6 Å². The molecule has 1 aliphatic carbocycles. The molecule has 0 spiro atoms. The van der Waals surface area contributed by atoms with Gasteiger partial charge in [0.05, 0.1) is 26.4 Å². The van der Waals surface area contributed by atoms with Gasteiger partial charge in [-0.15, -0.1) is 0 Å². The topological polar surface area (TPSA) is 80.3 Å². The summed E-state index contributed by atoms with van der Waals surface area (Å²) in [5.74, 6) is 0.738. The van der Waals surface area contributed by atoms with Crippen LogP contribution in [0.4, 0.5) is 0 Å². The quantitative estimate of drug-likeness (QED) is 0.587. The van der Waals surface area contributed by atoms with Crippen molar-refractivity contribution in [3.05, 3.63) is 41.5 Å². The Labute approximate surface area is 181 Å². The van der Waals surface area contributed by atoms with Crippen LogP contribution in [0.2, 0.25) is 0 Å². The number of fused-ring (bicyclic) bond motifs is 1. The zero-order valence-electron chi connectivity index (χ0n) is 18.2. The van der Waals surface area contributed by atoms with Gasteiger partial charge in [0, 0.05) is 24.0 Å². The van der Waals surface area contributed by atoms with Crippen LogP contribution in [-0.4, -0.2) is 38.4 Å². The van der Waals surface area contributed by atoms with Crippen molar-refractivity contribution < 1.29 is 33.3 Å². The minimum Gasteiger partial charge on any atom is -0.493 e. The Bertz CT molecular complexity index is 1020. The number of methoxy groups -OCH3 is 2. The Morgan fingerprint density at radius 2 is 1.77 bits per heavy atom. The molecule has 164 valence electrons. The second-order valence-corrected chi connectivity index (χ2v) is 8.17. The molecule has 0 unspecified atom stereocenters. The standard InChI is InChI=1S/C24H26O7/c1-14(2)12-30-23(26)24(10-11-24)31-20-16(8-9-19(27-3)21(20)28-4)15-6-5-7-17-18(15)13-29-22(17)25/h5-9,14H,10-13H2,1-4H3. The fourth-order valence-corrected chi connectivity index (χ4v) is 3.64. The lowest BCUT2D eigenvalue weighted by Gasteiger charge is -2.23. The number of hydrogen-bond acceptors (Lipinski definition) is 7. The Kier molecular flexibility index (Phi) is 5.52. The van der Waals surface area contributed by atoms with Gasteiger partial charge in [-0.1, -0.05) is 26.0 Å². The van der Waals surface area contributed by atoms with Crippen LogP contribution in [-0.2, 0) is 20.9 Å². The Hall–Kier alpha value is -3.22. The third-order valence-corrected chi connectivity index (χ3v) is 5.46. The highest BCUT2D eigenvalue weighted by molar-refractivity contribution is 5.97. The molecule has 1 heterocycles. The molecule has 2 aromatic carbocycles. The summed E-state index contributed by atoms with van der Waals surface area (Å²) in [6.45, 7) is 4.48. The predicted octanol–water partition coefficient (Wildman–Crippen LogP) is 4.15. The minimum atomic E-state index is -1.05. The van der Waals surface area contributed by atoms with Crippen LogP contribution in [0.15, 0.2) is 30.3 Å². The molecule has 0 aromatic heterocycles. The van der Waals surface area contributed by atoms with E-state index in [-0.39, 0.29) is 24.5 Å². The van der Waals surface area contributed by atoms with Crippen LogP contribution in [0.3, 0.4) is 0 Å². The summed E-state index contributed by atoms with van der Waals surface area (Å²) in [5.41, 5.74) is 1.72. The molecule has 1 aliphatic heterocycles. The maximum atomic E-state index is 12.8. The average Bonchev–Trinajstić information content (AvgIpc) is 3.46. The van der Waals surface area contributed by atoms with Crippen LogP contribution < -0.4 is 14.2 Å². The number of esters is 2. The molecule has 2 aromatic rings. The summed E-state index contributed by atoms with van der Waals surface area (Å²) in [5, 5.41) is 0. The lowest BCUT2D eigenvalue weighted by atomic mass is 9.95. The maximum Gasteiger partial charge on any atom is 0.350 e. The molecule has 1 fully saturated rings. The minimum absolute atomic E-state index is 0.180. The summed E-state index contributed by atoms with van der Waals surface area (Å²) >= 11 is 0. The number of ether oxygens (including phenoxy) is 5. The molecule has 1 saturated carbocycles. The maximum absolute atomic E-state index is 12.8. The third-order valence-electron chi connectivity index (χ3n) is 5.46. The molecule has 31 heavy (non-hydrogen) atoms. The summed E-state index contributed by atoms with van der Waals surface area (Å²) in [4.78, 5) is 24.8. The van der Waals surface area contributed by atoms with Crippen molar-refractivity contribution in [1.82, 2.24) is 0 Å². The number of benzene rings is 2. The summed E-state index contributed by atoms with van der Waals surface area (Å²) < 4.78 is 28.1. The average molecular weight is 426 g/mol. The van der Waals surface area contributed by atoms with Crippen molar-refractivity contribution in [1.29, 1.82) is 0 Å². The molecule has 4 rings (SSSR count). The molecule has 0 atom stereocenters. The van der Waals surface area contributed by atoms with Gasteiger partial charge in [0.2, 0.25) is 11.4 Å². The highest BCUT2D eigenvalue weighted by Gasteiger charge is 2.55. The first-order valence-electron chi connectivity index (χ1n) is 10.3. The zero-order chi connectivity index (χ0) is 22.2. The molecule has 2 aliphatic rings. The van der Waals surface area contributed by atoms with Crippen LogP contribution >= 0.6 is 0 Å². The van der Waals surface area contributed by atoms with E-state index in [1.54, 1.807) is 18.2 Å². The van der Waals surface area contributed by atoms with Crippen molar-refractivity contribution >= 4 is 11.9 Å². The van der Waals surface area contributed by atoms with E-state index in [1.165, 1.54) is 14.2 Å². The number of cyclic esters (lactones) is 1. The molecule has 0 saturated heterocycles. The van der Waals surface area contributed by atoms with Crippen LogP contribution in [0.5, 0.6) is 17.2 Å². The predicted molar refractivity (Wildman–Crippen MR) is 112 cm³/mol. The summed E-state index contributed by atoms with van der Waals surface area (Å²) in [6.07, 6.45) is 1.11. The van der Waals surface area contributed by atoms with Gasteiger partial charge >= 0.3 is 11.9 Å². The van der Waals surface area contributed by atoms with Gasteiger partial charge in [-0.25, -0.2) is 9.59 Å². The van der Waals surface area contributed by atoms with Gasteiger partial charge < -0.3 is 23.7 Å². The van der Waals surface area contributed by atoms with E-state index in [4.69, 9.17) is 23.7 Å². The first-order valence-corrected chi connectivity index (χ1v) is 10.3. The van der Waals surface area contributed by atoms with Crippen molar-refractivity contribution in [2.75, 3.05) is 20.8 Å². The monoisotopic (exact) mass is 426 g/mol. The molecule has 7 heteroatoms.